The highest BCUT2D eigenvalue weighted by Crippen LogP contribution is 2.27. The highest BCUT2D eigenvalue weighted by Gasteiger charge is 2.34. The molecule has 0 aliphatic carbocycles. The Morgan fingerprint density at radius 2 is 2.21 bits per heavy atom. The van der Waals surface area contributed by atoms with Gasteiger partial charge in [0.15, 0.2) is 0 Å². The molecule has 2 aliphatic rings. The van der Waals surface area contributed by atoms with E-state index >= 15 is 0 Å². The molecule has 1 aromatic rings. The molecule has 106 valence electrons. The van der Waals surface area contributed by atoms with Crippen LogP contribution in [-0.2, 0) is 13.1 Å². The van der Waals surface area contributed by atoms with Crippen molar-refractivity contribution in [1.29, 1.82) is 0 Å². The number of piperidine rings is 1. The minimum atomic E-state index is 0.713. The van der Waals surface area contributed by atoms with Gasteiger partial charge >= 0.3 is 0 Å². The monoisotopic (exact) mass is 261 g/mol. The SMILES string of the molecule is CCCn1cccc1CNC1CCN2CCCCC12. The van der Waals surface area contributed by atoms with Crippen molar-refractivity contribution in [2.45, 2.75) is 64.2 Å². The Hall–Kier alpha value is -0.800. The maximum absolute atomic E-state index is 3.82. The van der Waals surface area contributed by atoms with Gasteiger partial charge in [-0.05, 0) is 44.4 Å². The lowest BCUT2D eigenvalue weighted by atomic mass is 9.99. The van der Waals surface area contributed by atoms with Gasteiger partial charge in [-0.25, -0.2) is 0 Å². The molecule has 3 heteroatoms. The van der Waals surface area contributed by atoms with Gasteiger partial charge in [-0.2, -0.15) is 0 Å². The number of hydrogen-bond acceptors (Lipinski definition) is 2. The molecule has 0 saturated carbocycles. The van der Waals surface area contributed by atoms with Crippen molar-refractivity contribution in [3.63, 3.8) is 0 Å². The fourth-order valence-corrected chi connectivity index (χ4v) is 3.79. The number of rotatable bonds is 5. The van der Waals surface area contributed by atoms with Gasteiger partial charge in [-0.15, -0.1) is 0 Å². The van der Waals surface area contributed by atoms with Gasteiger partial charge in [0.1, 0.15) is 0 Å². The lowest BCUT2D eigenvalue weighted by molar-refractivity contribution is 0.180. The largest absolute Gasteiger partial charge is 0.350 e. The third kappa shape index (κ3) is 2.87. The van der Waals surface area contributed by atoms with Gasteiger partial charge < -0.3 is 9.88 Å². The van der Waals surface area contributed by atoms with Crippen molar-refractivity contribution in [1.82, 2.24) is 14.8 Å². The van der Waals surface area contributed by atoms with E-state index in [4.69, 9.17) is 0 Å². The summed E-state index contributed by atoms with van der Waals surface area (Å²) in [5.74, 6) is 0. The summed E-state index contributed by atoms with van der Waals surface area (Å²) in [6, 6.07) is 5.96. The van der Waals surface area contributed by atoms with Gasteiger partial charge in [0.2, 0.25) is 0 Å². The molecule has 0 amide bonds. The Morgan fingerprint density at radius 3 is 3.11 bits per heavy atom. The summed E-state index contributed by atoms with van der Waals surface area (Å²) in [6.07, 6.45) is 8.98. The number of fused-ring (bicyclic) bond motifs is 1. The van der Waals surface area contributed by atoms with Gasteiger partial charge in [-0.1, -0.05) is 13.3 Å². The first-order valence-corrected chi connectivity index (χ1v) is 8.00. The van der Waals surface area contributed by atoms with Gasteiger partial charge in [0.25, 0.3) is 0 Å². The van der Waals surface area contributed by atoms with Crippen LogP contribution in [0.5, 0.6) is 0 Å². The highest BCUT2D eigenvalue weighted by molar-refractivity contribution is 5.07. The van der Waals surface area contributed by atoms with Crippen molar-refractivity contribution in [3.8, 4) is 0 Å². The quantitative estimate of drug-likeness (QED) is 0.879. The molecule has 1 aromatic heterocycles. The molecule has 19 heavy (non-hydrogen) atoms. The van der Waals surface area contributed by atoms with E-state index in [1.54, 1.807) is 0 Å². The van der Waals surface area contributed by atoms with E-state index in [9.17, 15) is 0 Å². The van der Waals surface area contributed by atoms with E-state index in [1.165, 1.54) is 50.9 Å². The summed E-state index contributed by atoms with van der Waals surface area (Å²) in [7, 11) is 0. The van der Waals surface area contributed by atoms with Crippen LogP contribution in [-0.4, -0.2) is 34.6 Å². The van der Waals surface area contributed by atoms with Crippen molar-refractivity contribution >= 4 is 0 Å². The second kappa shape index (κ2) is 6.10. The number of nitrogens with zero attached hydrogens (tertiary/aromatic N) is 2. The molecule has 0 aromatic carbocycles. The summed E-state index contributed by atoms with van der Waals surface area (Å²) in [5, 5.41) is 3.82. The minimum absolute atomic E-state index is 0.713. The lowest BCUT2D eigenvalue weighted by Gasteiger charge is -2.32. The summed E-state index contributed by atoms with van der Waals surface area (Å²) < 4.78 is 2.39. The molecule has 3 rings (SSSR count). The zero-order valence-electron chi connectivity index (χ0n) is 12.1. The normalized spacial score (nSPS) is 27.6. The fraction of sp³-hybridized carbons (Fsp3) is 0.750. The molecule has 2 unspecified atom stereocenters. The first-order valence-electron chi connectivity index (χ1n) is 8.00. The van der Waals surface area contributed by atoms with E-state index in [0.29, 0.717) is 6.04 Å². The summed E-state index contributed by atoms with van der Waals surface area (Å²) >= 11 is 0. The van der Waals surface area contributed by atoms with Crippen LogP contribution in [0.25, 0.3) is 0 Å². The molecule has 2 saturated heterocycles. The van der Waals surface area contributed by atoms with E-state index in [2.05, 4.69) is 40.0 Å². The van der Waals surface area contributed by atoms with Crippen LogP contribution in [0.15, 0.2) is 18.3 Å². The van der Waals surface area contributed by atoms with Crippen LogP contribution in [0.2, 0.25) is 0 Å². The molecule has 2 aliphatic heterocycles. The van der Waals surface area contributed by atoms with Crippen LogP contribution in [0.4, 0.5) is 0 Å². The predicted molar refractivity (Wildman–Crippen MR) is 79.2 cm³/mol. The summed E-state index contributed by atoms with van der Waals surface area (Å²) in [5.41, 5.74) is 1.44. The topological polar surface area (TPSA) is 20.2 Å². The third-order valence-electron chi connectivity index (χ3n) is 4.79. The third-order valence-corrected chi connectivity index (χ3v) is 4.79. The van der Waals surface area contributed by atoms with Crippen LogP contribution < -0.4 is 5.32 Å². The maximum Gasteiger partial charge on any atom is 0.0362 e. The average Bonchev–Trinajstić information content (AvgIpc) is 3.04. The predicted octanol–water partition coefficient (Wildman–Crippen LogP) is 2.61. The number of aromatic nitrogens is 1. The smallest absolute Gasteiger partial charge is 0.0362 e. The molecule has 0 spiro atoms. The minimum Gasteiger partial charge on any atom is -0.350 e. The number of nitrogens with one attached hydrogen (secondary N) is 1. The molecule has 2 fully saturated rings. The van der Waals surface area contributed by atoms with Crippen LogP contribution in [0.1, 0.15) is 44.7 Å². The Labute approximate surface area is 117 Å². The van der Waals surface area contributed by atoms with Crippen LogP contribution >= 0.6 is 0 Å². The molecule has 3 nitrogen and oxygen atoms in total. The van der Waals surface area contributed by atoms with E-state index in [-0.39, 0.29) is 0 Å². The maximum atomic E-state index is 3.82. The zero-order chi connectivity index (χ0) is 13.1. The molecular formula is C16H27N3. The van der Waals surface area contributed by atoms with E-state index in [1.807, 2.05) is 0 Å². The van der Waals surface area contributed by atoms with Crippen molar-refractivity contribution in [3.05, 3.63) is 24.0 Å². The van der Waals surface area contributed by atoms with E-state index < -0.39 is 0 Å². The first-order chi connectivity index (χ1) is 9.38. The van der Waals surface area contributed by atoms with Crippen molar-refractivity contribution in [2.75, 3.05) is 13.1 Å². The van der Waals surface area contributed by atoms with Crippen molar-refractivity contribution < 1.29 is 0 Å². The molecule has 3 heterocycles. The van der Waals surface area contributed by atoms with Gasteiger partial charge in [-0.3, -0.25) is 4.90 Å². The first kappa shape index (κ1) is 13.2. The van der Waals surface area contributed by atoms with Gasteiger partial charge in [0, 0.05) is 43.6 Å². The average molecular weight is 261 g/mol. The zero-order valence-corrected chi connectivity index (χ0v) is 12.1. The molecule has 0 radical (unpaired) electrons. The second-order valence-corrected chi connectivity index (χ2v) is 6.07. The Balaban J connectivity index is 1.55. The highest BCUT2D eigenvalue weighted by atomic mass is 15.2. The Morgan fingerprint density at radius 1 is 1.26 bits per heavy atom. The Kier molecular flexibility index (Phi) is 4.24. The van der Waals surface area contributed by atoms with Gasteiger partial charge in [0.05, 0.1) is 0 Å². The number of hydrogen-bond donors (Lipinski definition) is 1. The number of aryl methyl sites for hydroxylation is 1. The Bertz CT molecular complexity index is 398. The summed E-state index contributed by atoms with van der Waals surface area (Å²) in [6.45, 7) is 7.05. The molecule has 1 N–H and O–H groups in total. The van der Waals surface area contributed by atoms with Crippen LogP contribution in [0.3, 0.4) is 0 Å². The standard InChI is InChI=1S/C16H27N3/c1-2-9-18-11-5-6-14(18)13-17-15-8-12-19-10-4-3-7-16(15)19/h5-6,11,15-17H,2-4,7-10,12-13H2,1H3. The molecule has 0 bridgehead atoms. The molecular weight excluding hydrogens is 234 g/mol. The molecule has 2 atom stereocenters. The van der Waals surface area contributed by atoms with Crippen molar-refractivity contribution in [2.24, 2.45) is 0 Å². The lowest BCUT2D eigenvalue weighted by Crippen LogP contribution is -2.44. The summed E-state index contributed by atoms with van der Waals surface area (Å²) in [4.78, 5) is 2.70. The second-order valence-electron chi connectivity index (χ2n) is 6.07. The fourth-order valence-electron chi connectivity index (χ4n) is 3.79. The van der Waals surface area contributed by atoms with E-state index in [0.717, 1.165) is 19.1 Å². The van der Waals surface area contributed by atoms with Crippen LogP contribution in [0, 0.1) is 0 Å².